The maximum absolute atomic E-state index is 12.0. The van der Waals surface area contributed by atoms with Gasteiger partial charge in [-0.05, 0) is 32.9 Å². The summed E-state index contributed by atoms with van der Waals surface area (Å²) in [6, 6.07) is 5.27. The van der Waals surface area contributed by atoms with E-state index >= 15 is 0 Å². The van der Waals surface area contributed by atoms with Crippen molar-refractivity contribution in [1.29, 1.82) is 0 Å². The van der Waals surface area contributed by atoms with Crippen molar-refractivity contribution < 1.29 is 4.79 Å². The second-order valence-corrected chi connectivity index (χ2v) is 3.63. The van der Waals surface area contributed by atoms with Gasteiger partial charge in [-0.25, -0.2) is 4.98 Å². The fraction of sp³-hybridized carbons (Fsp3) is 0.455. The standard InChI is InChI=1S/C11H17N3O.ClH/c1-4-14(8(2)3)11(15)9-6-5-7-10(12)13-9;/h5-8H,4H2,1-3H3,(H2,12,13);1H. The summed E-state index contributed by atoms with van der Waals surface area (Å²) in [5.41, 5.74) is 5.94. The molecule has 0 fully saturated rings. The van der Waals surface area contributed by atoms with Crippen LogP contribution in [0.1, 0.15) is 31.3 Å². The van der Waals surface area contributed by atoms with E-state index in [1.54, 1.807) is 23.1 Å². The quantitative estimate of drug-likeness (QED) is 0.883. The molecule has 1 rings (SSSR count). The van der Waals surface area contributed by atoms with Crippen LogP contribution in [0.3, 0.4) is 0 Å². The summed E-state index contributed by atoms with van der Waals surface area (Å²) in [7, 11) is 0. The van der Waals surface area contributed by atoms with Crippen LogP contribution in [-0.2, 0) is 0 Å². The summed E-state index contributed by atoms with van der Waals surface area (Å²) in [6.45, 7) is 6.58. The van der Waals surface area contributed by atoms with Gasteiger partial charge in [-0.2, -0.15) is 0 Å². The minimum absolute atomic E-state index is 0. The molecule has 4 nitrogen and oxygen atoms in total. The Morgan fingerprint density at radius 3 is 2.56 bits per heavy atom. The van der Waals surface area contributed by atoms with Crippen molar-refractivity contribution in [1.82, 2.24) is 9.88 Å². The molecule has 0 spiro atoms. The molecule has 2 N–H and O–H groups in total. The molecule has 0 bridgehead atoms. The molecule has 0 saturated heterocycles. The van der Waals surface area contributed by atoms with Gasteiger partial charge < -0.3 is 10.6 Å². The summed E-state index contributed by atoms with van der Waals surface area (Å²) in [5, 5.41) is 0. The highest BCUT2D eigenvalue weighted by Crippen LogP contribution is 2.07. The molecule has 1 amide bonds. The third-order valence-electron chi connectivity index (χ3n) is 2.21. The van der Waals surface area contributed by atoms with Crippen LogP contribution in [0.2, 0.25) is 0 Å². The molecule has 0 aliphatic rings. The largest absolute Gasteiger partial charge is 0.384 e. The first-order chi connectivity index (χ1) is 7.06. The Bertz CT molecular complexity index is 355. The van der Waals surface area contributed by atoms with Gasteiger partial charge in [0.05, 0.1) is 0 Å². The molecular weight excluding hydrogens is 226 g/mol. The predicted molar refractivity (Wildman–Crippen MR) is 67.7 cm³/mol. The monoisotopic (exact) mass is 243 g/mol. The fourth-order valence-electron chi connectivity index (χ4n) is 1.46. The Morgan fingerprint density at radius 1 is 1.50 bits per heavy atom. The highest BCUT2D eigenvalue weighted by Gasteiger charge is 2.17. The van der Waals surface area contributed by atoms with E-state index < -0.39 is 0 Å². The Morgan fingerprint density at radius 2 is 2.12 bits per heavy atom. The van der Waals surface area contributed by atoms with E-state index in [0.29, 0.717) is 18.1 Å². The minimum atomic E-state index is -0.0696. The zero-order chi connectivity index (χ0) is 11.4. The van der Waals surface area contributed by atoms with Crippen LogP contribution in [0.5, 0.6) is 0 Å². The number of anilines is 1. The molecule has 16 heavy (non-hydrogen) atoms. The van der Waals surface area contributed by atoms with Crippen LogP contribution in [0.4, 0.5) is 5.82 Å². The molecule has 0 radical (unpaired) electrons. The topological polar surface area (TPSA) is 59.2 Å². The molecule has 0 aliphatic heterocycles. The van der Waals surface area contributed by atoms with Gasteiger partial charge in [0, 0.05) is 12.6 Å². The highest BCUT2D eigenvalue weighted by molar-refractivity contribution is 5.92. The van der Waals surface area contributed by atoms with Crippen molar-refractivity contribution in [3.05, 3.63) is 23.9 Å². The number of pyridine rings is 1. The first kappa shape index (κ1) is 14.7. The number of carbonyl (C=O) groups excluding carboxylic acids is 1. The van der Waals surface area contributed by atoms with Crippen molar-refractivity contribution in [3.63, 3.8) is 0 Å². The molecule has 0 unspecified atom stereocenters. The van der Waals surface area contributed by atoms with Gasteiger partial charge >= 0.3 is 0 Å². The third-order valence-corrected chi connectivity index (χ3v) is 2.21. The van der Waals surface area contributed by atoms with E-state index in [9.17, 15) is 4.79 Å². The lowest BCUT2D eigenvalue weighted by Crippen LogP contribution is -2.37. The SMILES string of the molecule is CCN(C(=O)c1cccc(N)n1)C(C)C.Cl. The summed E-state index contributed by atoms with van der Waals surface area (Å²) in [6.07, 6.45) is 0. The summed E-state index contributed by atoms with van der Waals surface area (Å²) in [4.78, 5) is 17.7. The van der Waals surface area contributed by atoms with Gasteiger partial charge in [-0.1, -0.05) is 6.07 Å². The van der Waals surface area contributed by atoms with Crippen LogP contribution >= 0.6 is 12.4 Å². The Hall–Kier alpha value is -1.29. The Kier molecular flexibility index (Phi) is 5.82. The number of nitrogens with zero attached hydrogens (tertiary/aromatic N) is 2. The van der Waals surface area contributed by atoms with Crippen LogP contribution in [-0.4, -0.2) is 28.4 Å². The number of hydrogen-bond donors (Lipinski definition) is 1. The predicted octanol–water partition coefficient (Wildman–Crippen LogP) is 1.96. The van der Waals surface area contributed by atoms with Gasteiger partial charge in [0.1, 0.15) is 11.5 Å². The van der Waals surface area contributed by atoms with E-state index in [-0.39, 0.29) is 24.4 Å². The van der Waals surface area contributed by atoms with E-state index in [2.05, 4.69) is 4.98 Å². The maximum atomic E-state index is 12.0. The number of aromatic nitrogens is 1. The lowest BCUT2D eigenvalue weighted by atomic mass is 10.2. The summed E-state index contributed by atoms with van der Waals surface area (Å²) in [5.74, 6) is 0.306. The fourth-order valence-corrected chi connectivity index (χ4v) is 1.46. The highest BCUT2D eigenvalue weighted by atomic mass is 35.5. The van der Waals surface area contributed by atoms with Crippen molar-refractivity contribution >= 4 is 24.1 Å². The number of rotatable bonds is 3. The van der Waals surface area contributed by atoms with Crippen molar-refractivity contribution in [3.8, 4) is 0 Å². The zero-order valence-electron chi connectivity index (χ0n) is 9.80. The second kappa shape index (κ2) is 6.33. The summed E-state index contributed by atoms with van der Waals surface area (Å²) < 4.78 is 0. The number of nitrogen functional groups attached to an aromatic ring is 1. The number of amides is 1. The van der Waals surface area contributed by atoms with Gasteiger partial charge in [0.2, 0.25) is 0 Å². The first-order valence-electron chi connectivity index (χ1n) is 5.09. The molecule has 90 valence electrons. The van der Waals surface area contributed by atoms with Crippen LogP contribution in [0.15, 0.2) is 18.2 Å². The number of nitrogens with two attached hydrogens (primary N) is 1. The van der Waals surface area contributed by atoms with Gasteiger partial charge in [0.25, 0.3) is 5.91 Å². The number of carbonyl (C=O) groups is 1. The maximum Gasteiger partial charge on any atom is 0.272 e. The van der Waals surface area contributed by atoms with Crippen molar-refractivity contribution in [2.75, 3.05) is 12.3 Å². The Balaban J connectivity index is 0.00000225. The molecule has 1 aromatic rings. The van der Waals surface area contributed by atoms with Crippen molar-refractivity contribution in [2.45, 2.75) is 26.8 Å². The van der Waals surface area contributed by atoms with E-state index in [1.807, 2.05) is 20.8 Å². The average molecular weight is 244 g/mol. The van der Waals surface area contributed by atoms with Crippen molar-refractivity contribution in [2.24, 2.45) is 0 Å². The zero-order valence-corrected chi connectivity index (χ0v) is 10.6. The molecule has 1 aromatic heterocycles. The molecular formula is C11H18ClN3O. The smallest absolute Gasteiger partial charge is 0.272 e. The van der Waals surface area contributed by atoms with Crippen LogP contribution in [0.25, 0.3) is 0 Å². The molecule has 0 saturated carbocycles. The van der Waals surface area contributed by atoms with E-state index in [0.717, 1.165) is 0 Å². The van der Waals surface area contributed by atoms with Gasteiger partial charge in [-0.3, -0.25) is 4.79 Å². The normalized spacial score (nSPS) is 9.75. The number of hydrogen-bond acceptors (Lipinski definition) is 3. The Labute approximate surface area is 102 Å². The lowest BCUT2D eigenvalue weighted by Gasteiger charge is -2.24. The lowest BCUT2D eigenvalue weighted by molar-refractivity contribution is 0.0711. The third kappa shape index (κ3) is 3.38. The van der Waals surface area contributed by atoms with E-state index in [1.165, 1.54) is 0 Å². The number of halogens is 1. The first-order valence-corrected chi connectivity index (χ1v) is 5.09. The summed E-state index contributed by atoms with van der Waals surface area (Å²) >= 11 is 0. The molecule has 0 atom stereocenters. The van der Waals surface area contributed by atoms with Crippen LogP contribution < -0.4 is 5.73 Å². The second-order valence-electron chi connectivity index (χ2n) is 3.63. The van der Waals surface area contributed by atoms with Gasteiger partial charge in [-0.15, -0.1) is 12.4 Å². The molecule has 5 heteroatoms. The van der Waals surface area contributed by atoms with Gasteiger partial charge in [0.15, 0.2) is 0 Å². The van der Waals surface area contributed by atoms with E-state index in [4.69, 9.17) is 5.73 Å². The van der Waals surface area contributed by atoms with Crippen LogP contribution in [0, 0.1) is 0 Å². The minimum Gasteiger partial charge on any atom is -0.384 e. The molecule has 1 heterocycles. The molecule has 0 aromatic carbocycles. The average Bonchev–Trinajstić information content (AvgIpc) is 2.18. The molecule has 0 aliphatic carbocycles.